The Bertz CT molecular complexity index is 539. The van der Waals surface area contributed by atoms with Crippen LogP contribution < -0.4 is 0 Å². The van der Waals surface area contributed by atoms with E-state index in [4.69, 9.17) is 0 Å². The second-order valence-corrected chi connectivity index (χ2v) is 14.3. The summed E-state index contributed by atoms with van der Waals surface area (Å²) in [5.74, 6) is 0. The van der Waals surface area contributed by atoms with E-state index < -0.39 is 0 Å². The van der Waals surface area contributed by atoms with Crippen LogP contribution in [0.4, 0.5) is 0 Å². The van der Waals surface area contributed by atoms with E-state index in [0.29, 0.717) is 10.3 Å². The summed E-state index contributed by atoms with van der Waals surface area (Å²) in [6.07, 6.45) is 27.0. The highest BCUT2D eigenvalue weighted by Gasteiger charge is 2.38. The molecule has 32 heavy (non-hydrogen) atoms. The van der Waals surface area contributed by atoms with E-state index in [1.165, 1.54) is 122 Å². The fourth-order valence-corrected chi connectivity index (χ4v) is 8.39. The average molecular weight is 481 g/mol. The minimum atomic E-state index is 0.357. The first-order chi connectivity index (χ1) is 15.3. The maximum atomic E-state index is 3.41. The lowest BCUT2D eigenvalue weighted by atomic mass is 9.81. The van der Waals surface area contributed by atoms with Crippen molar-refractivity contribution in [3.8, 4) is 0 Å². The number of unbranched alkanes of at least 4 members (excludes halogenated alkanes) is 14. The molecule has 0 radical (unpaired) electrons. The lowest BCUT2D eigenvalue weighted by Crippen LogP contribution is -2.32. The highest BCUT2D eigenvalue weighted by molar-refractivity contribution is 7.44. The number of hydrogen-bond acceptors (Lipinski definition) is 0. The van der Waals surface area contributed by atoms with Crippen LogP contribution in [-0.4, -0.2) is 15.6 Å². The molecule has 0 aliphatic carbocycles. The smallest absolute Gasteiger partial charge is 0.0316 e. The lowest BCUT2D eigenvalue weighted by Gasteiger charge is -2.38. The fraction of sp³-hybridized carbons (Fsp3) is 0.900. The quantitative estimate of drug-likeness (QED) is 0.120. The normalized spacial score (nSPS) is 19.7. The molecule has 1 aliphatic rings. The van der Waals surface area contributed by atoms with Crippen molar-refractivity contribution in [2.45, 2.75) is 174 Å². The third kappa shape index (κ3) is 11.7. The molecule has 2 unspecified atom stereocenters. The van der Waals surface area contributed by atoms with Crippen LogP contribution in [0.5, 0.6) is 0 Å². The summed E-state index contributed by atoms with van der Waals surface area (Å²) in [4.78, 5) is 0. The Hall–Kier alpha value is 0.340. The van der Waals surface area contributed by atoms with Gasteiger partial charge in [-0.05, 0) is 63.0 Å². The number of rotatable bonds is 20. The fourth-order valence-electron chi connectivity index (χ4n) is 5.59. The molecule has 2 atom stereocenters. The summed E-state index contributed by atoms with van der Waals surface area (Å²) in [5, 5.41) is 2.39. The van der Waals surface area contributed by atoms with Gasteiger partial charge in [-0.3, -0.25) is 0 Å². The van der Waals surface area contributed by atoms with E-state index in [0.717, 1.165) is 0 Å². The molecule has 0 amide bonds. The van der Waals surface area contributed by atoms with Crippen LogP contribution >= 0.6 is 17.4 Å². The zero-order valence-electron chi connectivity index (χ0n) is 23.0. The van der Waals surface area contributed by atoms with Crippen LogP contribution in [0.1, 0.15) is 164 Å². The molecule has 1 rings (SSSR count). The van der Waals surface area contributed by atoms with Crippen LogP contribution in [-0.2, 0) is 0 Å². The van der Waals surface area contributed by atoms with Crippen molar-refractivity contribution < 1.29 is 0 Å². The van der Waals surface area contributed by atoms with E-state index in [-0.39, 0.29) is 0 Å². The van der Waals surface area contributed by atoms with Gasteiger partial charge >= 0.3 is 0 Å². The summed E-state index contributed by atoms with van der Waals surface area (Å²) < 4.78 is 0. The molecule has 0 saturated carbocycles. The van der Waals surface area contributed by atoms with Crippen molar-refractivity contribution in [2.24, 2.45) is 0 Å². The van der Waals surface area contributed by atoms with Crippen molar-refractivity contribution in [3.05, 3.63) is 11.1 Å². The number of hydrogen-bond donors (Lipinski definition) is 0. The first-order valence-electron chi connectivity index (χ1n) is 14.3. The summed E-state index contributed by atoms with van der Waals surface area (Å²) >= 11 is 0. The standard InChI is InChI=1S/C30H58P2/c1-7-9-11-13-15-17-19-21-23-30(31,24-22-20-18-16-14-12-10-8-2)25-29(6)27(4)26(3)28(5)32-29/h7-25,31H2,1-6H3. The van der Waals surface area contributed by atoms with Crippen LogP contribution in [0.3, 0.4) is 0 Å². The molecule has 1 aliphatic heterocycles. The van der Waals surface area contributed by atoms with Gasteiger partial charge in [0.15, 0.2) is 0 Å². The van der Waals surface area contributed by atoms with E-state index in [1.54, 1.807) is 24.6 Å². The molecule has 1 heterocycles. The Morgan fingerprint density at radius 1 is 0.656 bits per heavy atom. The molecule has 0 saturated heterocycles. The molecule has 0 aromatic carbocycles. The van der Waals surface area contributed by atoms with E-state index in [2.05, 4.69) is 50.8 Å². The molecule has 2 heteroatoms. The molecule has 0 bridgehead atoms. The van der Waals surface area contributed by atoms with Gasteiger partial charge in [-0.15, -0.1) is 9.24 Å². The molecule has 0 aromatic rings. The largest absolute Gasteiger partial charge is 0.131 e. The topological polar surface area (TPSA) is 0 Å². The Kier molecular flexibility index (Phi) is 16.0. The van der Waals surface area contributed by atoms with Crippen LogP contribution in [0.2, 0.25) is 0 Å². The summed E-state index contributed by atoms with van der Waals surface area (Å²) in [7, 11) is 4.99. The highest BCUT2D eigenvalue weighted by Crippen LogP contribution is 2.51. The Morgan fingerprint density at radius 2 is 1.03 bits per heavy atom. The van der Waals surface area contributed by atoms with E-state index in [9.17, 15) is 0 Å². The van der Waals surface area contributed by atoms with Crippen LogP contribution in [0, 0.1) is 0 Å². The van der Waals surface area contributed by atoms with Crippen molar-refractivity contribution >= 4 is 22.7 Å². The average Bonchev–Trinajstić information content (AvgIpc) is 2.94. The van der Waals surface area contributed by atoms with Gasteiger partial charge in [0.05, 0.1) is 0 Å². The maximum Gasteiger partial charge on any atom is 0.0316 e. The zero-order chi connectivity index (χ0) is 23.9. The highest BCUT2D eigenvalue weighted by atomic mass is 31.1. The van der Waals surface area contributed by atoms with Gasteiger partial charge in [0.1, 0.15) is 0 Å². The molecular formula is C30H58P2. The van der Waals surface area contributed by atoms with E-state index in [1.807, 2.05) is 0 Å². The summed E-state index contributed by atoms with van der Waals surface area (Å²) in [6, 6.07) is 0. The van der Waals surface area contributed by atoms with Crippen LogP contribution in [0.25, 0.3) is 0 Å². The van der Waals surface area contributed by atoms with Gasteiger partial charge in [0.2, 0.25) is 0 Å². The molecule has 0 spiro atoms. The SMILES string of the molecule is CCCCCCCCCCC(P)(CCCCCCCCCC)CC1(C)P=C(C)C(C)=C1C. The number of allylic oxidation sites excluding steroid dienone is 2. The third-order valence-electron chi connectivity index (χ3n) is 8.08. The Balaban J connectivity index is 2.52. The van der Waals surface area contributed by atoms with Crippen molar-refractivity contribution in [2.75, 3.05) is 0 Å². The summed E-state index contributed by atoms with van der Waals surface area (Å²) in [6.45, 7) is 14.3. The van der Waals surface area contributed by atoms with Crippen molar-refractivity contribution in [1.82, 2.24) is 0 Å². The van der Waals surface area contributed by atoms with Crippen molar-refractivity contribution in [3.63, 3.8) is 0 Å². The van der Waals surface area contributed by atoms with Gasteiger partial charge in [-0.1, -0.05) is 130 Å². The predicted octanol–water partition coefficient (Wildman–Crippen LogP) is 11.3. The third-order valence-corrected chi connectivity index (χ3v) is 10.5. The molecule has 0 fully saturated rings. The Labute approximate surface area is 207 Å². The van der Waals surface area contributed by atoms with Crippen molar-refractivity contribution in [1.29, 1.82) is 0 Å². The van der Waals surface area contributed by atoms with Gasteiger partial charge in [-0.25, -0.2) is 0 Å². The first-order valence-corrected chi connectivity index (χ1v) is 15.8. The lowest BCUT2D eigenvalue weighted by molar-refractivity contribution is 0.395. The molecule has 0 N–H and O–H groups in total. The van der Waals surface area contributed by atoms with Gasteiger partial charge in [0, 0.05) is 5.16 Å². The molecule has 188 valence electrons. The molecule has 0 nitrogen and oxygen atoms in total. The second kappa shape index (κ2) is 16.9. The monoisotopic (exact) mass is 480 g/mol. The zero-order valence-corrected chi connectivity index (χ0v) is 25.0. The Morgan fingerprint density at radius 3 is 1.38 bits per heavy atom. The summed E-state index contributed by atoms with van der Waals surface area (Å²) in [5.41, 5.74) is 3.25. The molecule has 0 aromatic heterocycles. The predicted molar refractivity (Wildman–Crippen MR) is 156 cm³/mol. The van der Waals surface area contributed by atoms with Gasteiger partial charge in [0.25, 0.3) is 0 Å². The van der Waals surface area contributed by atoms with Gasteiger partial charge in [-0.2, -0.15) is 0 Å². The van der Waals surface area contributed by atoms with E-state index >= 15 is 0 Å². The minimum Gasteiger partial charge on any atom is -0.131 e. The maximum absolute atomic E-state index is 3.41. The second-order valence-electron chi connectivity index (χ2n) is 11.2. The van der Waals surface area contributed by atoms with Crippen LogP contribution in [0.15, 0.2) is 11.1 Å². The first kappa shape index (κ1) is 30.4. The van der Waals surface area contributed by atoms with Gasteiger partial charge < -0.3 is 0 Å². The minimum absolute atomic E-state index is 0.357. The molecular weight excluding hydrogens is 422 g/mol.